The number of nitrogens with one attached hydrogen (secondary N) is 1. The van der Waals surface area contributed by atoms with Crippen LogP contribution in [0.3, 0.4) is 0 Å². The van der Waals surface area contributed by atoms with E-state index in [2.05, 4.69) is 20.3 Å². The summed E-state index contributed by atoms with van der Waals surface area (Å²) < 4.78 is 55.0. The fourth-order valence-electron chi connectivity index (χ4n) is 4.48. The van der Waals surface area contributed by atoms with Crippen LogP contribution in [0.15, 0.2) is 72.2 Å². The van der Waals surface area contributed by atoms with Crippen LogP contribution in [0.2, 0.25) is 0 Å². The Kier molecular flexibility index (Phi) is 8.46. The molecule has 9 nitrogen and oxygen atoms in total. The molecule has 0 bridgehead atoms. The predicted octanol–water partition coefficient (Wildman–Crippen LogP) is 6.95. The van der Waals surface area contributed by atoms with Crippen molar-refractivity contribution in [1.82, 2.24) is 14.5 Å². The molecule has 2 aromatic carbocycles. The Morgan fingerprint density at radius 1 is 1.09 bits per heavy atom. The second-order valence-corrected chi connectivity index (χ2v) is 11.3. The van der Waals surface area contributed by atoms with Crippen molar-refractivity contribution in [2.24, 2.45) is 4.99 Å². The van der Waals surface area contributed by atoms with Gasteiger partial charge in [0, 0.05) is 37.7 Å². The number of pyridine rings is 1. The third-order valence-electron chi connectivity index (χ3n) is 6.78. The van der Waals surface area contributed by atoms with E-state index in [9.17, 15) is 22.8 Å². The molecule has 4 aromatic rings. The molecule has 0 aliphatic carbocycles. The molecular weight excluding hydrogens is 598 g/mol. The summed E-state index contributed by atoms with van der Waals surface area (Å²) >= 11 is 1.12. The number of rotatable bonds is 6. The zero-order valence-electron chi connectivity index (χ0n) is 24.1. The van der Waals surface area contributed by atoms with Crippen molar-refractivity contribution in [1.29, 1.82) is 0 Å². The van der Waals surface area contributed by atoms with E-state index in [0.29, 0.717) is 16.9 Å². The van der Waals surface area contributed by atoms with Gasteiger partial charge in [0.15, 0.2) is 5.17 Å². The summed E-state index contributed by atoms with van der Waals surface area (Å²) in [5, 5.41) is 2.61. The first-order chi connectivity index (χ1) is 20.8. The molecule has 0 atom stereocenters. The number of hydrogen-bond donors (Lipinski definition) is 1. The average Bonchev–Trinajstić information content (AvgIpc) is 3.60. The lowest BCUT2D eigenvalue weighted by Crippen LogP contribution is -2.31. The monoisotopic (exact) mass is 625 g/mol. The molecule has 1 saturated heterocycles. The van der Waals surface area contributed by atoms with E-state index in [1.807, 2.05) is 51.0 Å². The van der Waals surface area contributed by atoms with Crippen LogP contribution >= 0.6 is 11.8 Å². The molecule has 1 aliphatic heterocycles. The number of anilines is 3. The normalized spacial score (nSPS) is 14.5. The summed E-state index contributed by atoms with van der Waals surface area (Å²) in [4.78, 5) is 41.2. The van der Waals surface area contributed by atoms with Crippen LogP contribution in [-0.2, 0) is 11.0 Å². The van der Waals surface area contributed by atoms with Gasteiger partial charge in [-0.3, -0.25) is 14.3 Å². The molecule has 3 amide bonds. The van der Waals surface area contributed by atoms with Gasteiger partial charge in [-0.05, 0) is 47.9 Å². The second kappa shape index (κ2) is 12.1. The standard InChI is InChI=1S/C30H27F4N7O2S/c1-17(2)21-8-7-20(39(3)4)12-25(21)41-27(42)15-44-29(41)38-28(43)37-23-9-5-18(11-22(23)31)24-14-40(16-36-24)26-10-6-19(13-35-26)30(32,33)34/h5-14,16-17H,15H2,1-4H3,(H,37,43)/b38-29-. The number of carbonyl (C=O) groups is 2. The molecule has 5 rings (SSSR count). The fourth-order valence-corrected chi connectivity index (χ4v) is 5.34. The molecule has 1 aliphatic rings. The number of amidine groups is 1. The minimum atomic E-state index is -4.51. The van der Waals surface area contributed by atoms with Crippen molar-refractivity contribution < 1.29 is 27.2 Å². The molecule has 1 fully saturated rings. The predicted molar refractivity (Wildman–Crippen MR) is 163 cm³/mol. The maximum Gasteiger partial charge on any atom is 0.417 e. The number of alkyl halides is 3. The Labute approximate surface area is 254 Å². The quantitative estimate of drug-likeness (QED) is 0.233. The molecule has 228 valence electrons. The minimum absolute atomic E-state index is 0.0971. The Hall–Kier alpha value is -4.72. The number of imidazole rings is 1. The fraction of sp³-hybridized carbons (Fsp3) is 0.233. The number of amides is 3. The van der Waals surface area contributed by atoms with Crippen LogP contribution in [0.1, 0.15) is 30.9 Å². The number of carbonyl (C=O) groups excluding carboxylic acids is 2. The lowest BCUT2D eigenvalue weighted by atomic mass is 9.99. The number of halogens is 4. The molecule has 0 unspecified atom stereocenters. The Bertz CT molecular complexity index is 1750. The Morgan fingerprint density at radius 2 is 1.86 bits per heavy atom. The van der Waals surface area contributed by atoms with Crippen LogP contribution in [-0.4, -0.2) is 51.5 Å². The van der Waals surface area contributed by atoms with E-state index in [-0.39, 0.29) is 34.3 Å². The molecule has 0 radical (unpaired) electrons. The number of thioether (sulfide) groups is 1. The van der Waals surface area contributed by atoms with Crippen molar-refractivity contribution in [3.63, 3.8) is 0 Å². The molecule has 0 spiro atoms. The average molecular weight is 626 g/mol. The molecule has 3 heterocycles. The molecule has 44 heavy (non-hydrogen) atoms. The molecule has 2 aromatic heterocycles. The van der Waals surface area contributed by atoms with Crippen LogP contribution in [0, 0.1) is 5.82 Å². The summed E-state index contributed by atoms with van der Waals surface area (Å²) in [5.41, 5.74) is 2.11. The summed E-state index contributed by atoms with van der Waals surface area (Å²) in [6.07, 6.45) is -0.943. The molecular formula is C30H27F4N7O2S. The summed E-state index contributed by atoms with van der Waals surface area (Å²) in [7, 11) is 3.78. The summed E-state index contributed by atoms with van der Waals surface area (Å²) in [6.45, 7) is 4.02. The third kappa shape index (κ3) is 6.44. The highest BCUT2D eigenvalue weighted by Gasteiger charge is 2.33. The van der Waals surface area contributed by atoms with Gasteiger partial charge in [-0.15, -0.1) is 0 Å². The smallest absolute Gasteiger partial charge is 0.378 e. The largest absolute Gasteiger partial charge is 0.417 e. The first-order valence-electron chi connectivity index (χ1n) is 13.4. The number of aromatic nitrogens is 3. The minimum Gasteiger partial charge on any atom is -0.378 e. The second-order valence-electron chi connectivity index (χ2n) is 10.4. The summed E-state index contributed by atoms with van der Waals surface area (Å²) in [6, 6.07) is 11.1. The Balaban J connectivity index is 1.34. The van der Waals surface area contributed by atoms with Crippen molar-refractivity contribution >= 4 is 45.9 Å². The first-order valence-corrected chi connectivity index (χ1v) is 14.3. The number of benzene rings is 2. The van der Waals surface area contributed by atoms with Gasteiger partial charge in [0.1, 0.15) is 18.0 Å². The number of urea groups is 1. The van der Waals surface area contributed by atoms with Crippen LogP contribution < -0.4 is 15.1 Å². The number of aliphatic imine (C=N–C) groups is 1. The maximum atomic E-state index is 15.1. The number of nitrogens with zero attached hydrogens (tertiary/aromatic N) is 6. The zero-order chi connectivity index (χ0) is 31.8. The van der Waals surface area contributed by atoms with Crippen molar-refractivity contribution in [2.75, 3.05) is 35.0 Å². The van der Waals surface area contributed by atoms with Gasteiger partial charge >= 0.3 is 12.2 Å². The van der Waals surface area contributed by atoms with Crippen LogP contribution in [0.5, 0.6) is 0 Å². The van der Waals surface area contributed by atoms with Crippen LogP contribution in [0.25, 0.3) is 17.1 Å². The van der Waals surface area contributed by atoms with Crippen LogP contribution in [0.4, 0.5) is 39.4 Å². The van der Waals surface area contributed by atoms with Gasteiger partial charge in [-0.25, -0.2) is 19.2 Å². The lowest BCUT2D eigenvalue weighted by molar-refractivity contribution is -0.137. The van der Waals surface area contributed by atoms with Gasteiger partial charge in [0.25, 0.3) is 0 Å². The van der Waals surface area contributed by atoms with E-state index in [4.69, 9.17) is 0 Å². The highest BCUT2D eigenvalue weighted by atomic mass is 32.2. The van der Waals surface area contributed by atoms with Gasteiger partial charge in [0.2, 0.25) is 5.91 Å². The molecule has 0 saturated carbocycles. The zero-order valence-corrected chi connectivity index (χ0v) is 24.9. The van der Waals surface area contributed by atoms with Gasteiger partial charge in [-0.1, -0.05) is 37.7 Å². The Morgan fingerprint density at radius 3 is 2.50 bits per heavy atom. The number of hydrogen-bond acceptors (Lipinski definition) is 6. The molecule has 1 N–H and O–H groups in total. The maximum absolute atomic E-state index is 15.1. The van der Waals surface area contributed by atoms with E-state index in [1.165, 1.54) is 40.2 Å². The van der Waals surface area contributed by atoms with Gasteiger partial charge < -0.3 is 10.2 Å². The highest BCUT2D eigenvalue weighted by molar-refractivity contribution is 8.15. The van der Waals surface area contributed by atoms with Crippen molar-refractivity contribution in [3.8, 4) is 17.1 Å². The van der Waals surface area contributed by atoms with Crippen molar-refractivity contribution in [3.05, 3.63) is 84.2 Å². The van der Waals surface area contributed by atoms with Crippen molar-refractivity contribution in [2.45, 2.75) is 25.9 Å². The van der Waals surface area contributed by atoms with Gasteiger partial charge in [0.05, 0.1) is 28.4 Å². The first kappa shape index (κ1) is 30.7. The van der Waals surface area contributed by atoms with Gasteiger partial charge in [-0.2, -0.15) is 18.2 Å². The lowest BCUT2D eigenvalue weighted by Gasteiger charge is -2.24. The topological polar surface area (TPSA) is 95.7 Å². The SMILES string of the molecule is CC(C)c1ccc(N(C)C)cc1N1C(=O)CS/C1=N\C(=O)Nc1ccc(-c2cn(-c3ccc(C(F)(F)F)cn3)cn2)cc1F. The molecule has 14 heteroatoms. The van der Waals surface area contributed by atoms with E-state index in [1.54, 1.807) is 0 Å². The van der Waals surface area contributed by atoms with E-state index in [0.717, 1.165) is 41.3 Å². The van der Waals surface area contributed by atoms with E-state index < -0.39 is 23.6 Å². The van der Waals surface area contributed by atoms with E-state index >= 15 is 4.39 Å². The third-order valence-corrected chi connectivity index (χ3v) is 7.71. The highest BCUT2D eigenvalue weighted by Crippen LogP contribution is 2.36. The summed E-state index contributed by atoms with van der Waals surface area (Å²) in [5.74, 6) is -0.577.